The highest BCUT2D eigenvalue weighted by Crippen LogP contribution is 2.15. The number of aryl methyl sites for hydroxylation is 1. The lowest BCUT2D eigenvalue weighted by molar-refractivity contribution is 0.0590. The normalized spacial score (nSPS) is 10.5. The summed E-state index contributed by atoms with van der Waals surface area (Å²) in [5, 5.41) is 0.803. The van der Waals surface area contributed by atoms with E-state index < -0.39 is 5.97 Å². The molecule has 2 rings (SSSR count). The molecule has 0 aliphatic carbocycles. The maximum absolute atomic E-state index is 11.4. The maximum atomic E-state index is 11.4. The number of aromatic nitrogens is 2. The number of nitrogens with one attached hydrogen (secondary N) is 1. The Hall–Kier alpha value is -2.04. The molecule has 78 valence electrons. The van der Waals surface area contributed by atoms with E-state index >= 15 is 0 Å². The second kappa shape index (κ2) is 3.27. The van der Waals surface area contributed by atoms with Crippen molar-refractivity contribution in [3.05, 3.63) is 34.2 Å². The van der Waals surface area contributed by atoms with E-state index in [2.05, 4.69) is 9.72 Å². The van der Waals surface area contributed by atoms with Gasteiger partial charge in [0.25, 0.3) is 0 Å². The zero-order chi connectivity index (χ0) is 11.0. The fourth-order valence-corrected chi connectivity index (χ4v) is 1.53. The van der Waals surface area contributed by atoms with Crippen molar-refractivity contribution >= 4 is 17.0 Å². The molecule has 2 heterocycles. The number of fused-ring (bicyclic) bond motifs is 1. The Morgan fingerprint density at radius 2 is 2.20 bits per heavy atom. The largest absolute Gasteiger partial charge is 0.464 e. The number of rotatable bonds is 1. The summed E-state index contributed by atoms with van der Waals surface area (Å²) in [7, 11) is 3.02. The van der Waals surface area contributed by atoms with Crippen molar-refractivity contribution in [1.29, 1.82) is 0 Å². The van der Waals surface area contributed by atoms with Crippen LogP contribution in [0.1, 0.15) is 10.5 Å². The van der Waals surface area contributed by atoms with E-state index in [1.54, 1.807) is 23.7 Å². The van der Waals surface area contributed by atoms with E-state index in [1.165, 1.54) is 13.2 Å². The van der Waals surface area contributed by atoms with Gasteiger partial charge in [0.2, 0.25) is 5.56 Å². The van der Waals surface area contributed by atoms with Crippen molar-refractivity contribution in [2.75, 3.05) is 7.11 Å². The van der Waals surface area contributed by atoms with E-state index in [0.717, 1.165) is 5.39 Å². The summed E-state index contributed by atoms with van der Waals surface area (Å²) in [4.78, 5) is 25.1. The van der Waals surface area contributed by atoms with E-state index in [0.29, 0.717) is 11.3 Å². The summed E-state index contributed by atoms with van der Waals surface area (Å²) in [6.07, 6.45) is 0. The van der Waals surface area contributed by atoms with Crippen LogP contribution in [-0.4, -0.2) is 22.6 Å². The Bertz CT molecular complexity index is 580. The molecule has 15 heavy (non-hydrogen) atoms. The van der Waals surface area contributed by atoms with Crippen LogP contribution in [0, 0.1) is 0 Å². The minimum absolute atomic E-state index is 0.194. The van der Waals surface area contributed by atoms with E-state index in [1.807, 2.05) is 0 Å². The number of aromatic amines is 1. The maximum Gasteiger partial charge on any atom is 0.354 e. The standard InChI is InChI=1S/C10H10N2O3/c1-12-7(10(14)15-2)5-6-3-4-8(13)11-9(6)12/h3-5H,1-2H3,(H,11,13). The number of H-pyrrole nitrogens is 1. The number of carbonyl (C=O) groups excluding carboxylic acids is 1. The van der Waals surface area contributed by atoms with Gasteiger partial charge in [0.15, 0.2) is 0 Å². The molecule has 5 nitrogen and oxygen atoms in total. The molecular weight excluding hydrogens is 196 g/mol. The molecule has 0 radical (unpaired) electrons. The smallest absolute Gasteiger partial charge is 0.354 e. The summed E-state index contributed by atoms with van der Waals surface area (Å²) in [6.45, 7) is 0. The average molecular weight is 206 g/mol. The quantitative estimate of drug-likeness (QED) is 0.697. The van der Waals surface area contributed by atoms with E-state index in [9.17, 15) is 9.59 Å². The first kappa shape index (κ1) is 9.51. The molecule has 0 saturated heterocycles. The van der Waals surface area contributed by atoms with Crippen LogP contribution in [0.5, 0.6) is 0 Å². The molecule has 0 unspecified atom stereocenters. The number of hydrogen-bond donors (Lipinski definition) is 1. The zero-order valence-electron chi connectivity index (χ0n) is 8.40. The molecule has 0 spiro atoms. The van der Waals surface area contributed by atoms with Gasteiger partial charge in [-0.25, -0.2) is 4.79 Å². The van der Waals surface area contributed by atoms with Crippen molar-refractivity contribution in [2.24, 2.45) is 7.05 Å². The molecule has 5 heteroatoms. The van der Waals surface area contributed by atoms with Crippen molar-refractivity contribution in [3.63, 3.8) is 0 Å². The fraction of sp³-hybridized carbons (Fsp3) is 0.200. The molecule has 1 N–H and O–H groups in total. The summed E-state index contributed by atoms with van der Waals surface area (Å²) < 4.78 is 6.22. The number of ether oxygens (including phenoxy) is 1. The molecule has 2 aromatic heterocycles. The van der Waals surface area contributed by atoms with Crippen LogP contribution in [-0.2, 0) is 11.8 Å². The van der Waals surface area contributed by atoms with Crippen LogP contribution in [0.25, 0.3) is 11.0 Å². The number of esters is 1. The molecular formula is C10H10N2O3. The second-order valence-corrected chi connectivity index (χ2v) is 3.21. The van der Waals surface area contributed by atoms with Crippen LogP contribution < -0.4 is 5.56 Å². The number of hydrogen-bond acceptors (Lipinski definition) is 3. The van der Waals surface area contributed by atoms with Crippen molar-refractivity contribution < 1.29 is 9.53 Å². The van der Waals surface area contributed by atoms with Gasteiger partial charge in [0.1, 0.15) is 11.3 Å². The predicted molar refractivity (Wildman–Crippen MR) is 54.9 cm³/mol. The average Bonchev–Trinajstić information content (AvgIpc) is 2.55. The molecule has 0 aliphatic rings. The van der Waals surface area contributed by atoms with Crippen LogP contribution in [0.2, 0.25) is 0 Å². The lowest BCUT2D eigenvalue weighted by atomic mass is 10.3. The Morgan fingerprint density at radius 3 is 2.87 bits per heavy atom. The Morgan fingerprint density at radius 1 is 1.47 bits per heavy atom. The SMILES string of the molecule is COC(=O)c1cc2ccc(=O)[nH]c2n1C. The topological polar surface area (TPSA) is 64.1 Å². The predicted octanol–water partition coefficient (Wildman–Crippen LogP) is 0.653. The minimum atomic E-state index is -0.422. The van der Waals surface area contributed by atoms with Gasteiger partial charge in [-0.3, -0.25) is 4.79 Å². The Labute approximate surface area is 85.3 Å². The van der Waals surface area contributed by atoms with E-state index in [-0.39, 0.29) is 5.56 Å². The third-order valence-electron chi connectivity index (χ3n) is 2.31. The first-order valence-electron chi connectivity index (χ1n) is 4.40. The molecule has 0 atom stereocenters. The third kappa shape index (κ3) is 1.41. The Balaban J connectivity index is 2.75. The van der Waals surface area contributed by atoms with E-state index in [4.69, 9.17) is 0 Å². The van der Waals surface area contributed by atoms with Gasteiger partial charge in [-0.15, -0.1) is 0 Å². The molecule has 0 bridgehead atoms. The highest BCUT2D eigenvalue weighted by atomic mass is 16.5. The van der Waals surface area contributed by atoms with Crippen LogP contribution in [0.3, 0.4) is 0 Å². The van der Waals surface area contributed by atoms with Gasteiger partial charge in [0, 0.05) is 18.5 Å². The number of carbonyl (C=O) groups is 1. The van der Waals surface area contributed by atoms with Crippen LogP contribution in [0.4, 0.5) is 0 Å². The first-order valence-corrected chi connectivity index (χ1v) is 4.40. The van der Waals surface area contributed by atoms with Crippen LogP contribution >= 0.6 is 0 Å². The lowest BCUT2D eigenvalue weighted by Gasteiger charge is -2.00. The molecule has 0 fully saturated rings. The molecule has 0 saturated carbocycles. The van der Waals surface area contributed by atoms with Gasteiger partial charge in [-0.2, -0.15) is 0 Å². The number of methoxy groups -OCH3 is 1. The molecule has 0 aromatic carbocycles. The monoisotopic (exact) mass is 206 g/mol. The van der Waals surface area contributed by atoms with Crippen molar-refractivity contribution in [3.8, 4) is 0 Å². The fourth-order valence-electron chi connectivity index (χ4n) is 1.53. The van der Waals surface area contributed by atoms with Crippen molar-refractivity contribution in [1.82, 2.24) is 9.55 Å². The van der Waals surface area contributed by atoms with Gasteiger partial charge < -0.3 is 14.3 Å². The highest BCUT2D eigenvalue weighted by molar-refractivity contribution is 5.94. The van der Waals surface area contributed by atoms with Gasteiger partial charge in [0.05, 0.1) is 7.11 Å². The van der Waals surface area contributed by atoms with Gasteiger partial charge in [-0.05, 0) is 12.1 Å². The molecule has 2 aromatic rings. The lowest BCUT2D eigenvalue weighted by Crippen LogP contribution is -2.09. The highest BCUT2D eigenvalue weighted by Gasteiger charge is 2.13. The van der Waals surface area contributed by atoms with Crippen molar-refractivity contribution in [2.45, 2.75) is 0 Å². The molecule has 0 amide bonds. The number of pyridine rings is 1. The summed E-state index contributed by atoms with van der Waals surface area (Å²) >= 11 is 0. The number of nitrogens with zero attached hydrogens (tertiary/aromatic N) is 1. The minimum Gasteiger partial charge on any atom is -0.464 e. The second-order valence-electron chi connectivity index (χ2n) is 3.21. The van der Waals surface area contributed by atoms with Gasteiger partial charge in [-0.1, -0.05) is 0 Å². The summed E-state index contributed by atoms with van der Waals surface area (Å²) in [5.41, 5.74) is 0.831. The zero-order valence-corrected chi connectivity index (χ0v) is 8.40. The Kier molecular flexibility index (Phi) is 2.07. The first-order chi connectivity index (χ1) is 7.13. The van der Waals surface area contributed by atoms with Crippen LogP contribution in [0.15, 0.2) is 23.0 Å². The summed E-state index contributed by atoms with van der Waals surface area (Å²) in [6, 6.07) is 4.76. The summed E-state index contributed by atoms with van der Waals surface area (Å²) in [5.74, 6) is -0.422. The van der Waals surface area contributed by atoms with Gasteiger partial charge >= 0.3 is 5.97 Å². The molecule has 0 aliphatic heterocycles. The third-order valence-corrected chi connectivity index (χ3v) is 2.31.